The van der Waals surface area contributed by atoms with Crippen LogP contribution in [0.15, 0.2) is 30.4 Å². The molecule has 90 valence electrons. The fourth-order valence-corrected chi connectivity index (χ4v) is 1.93. The molecule has 3 nitrogen and oxygen atoms in total. The molecule has 0 heterocycles. The van der Waals surface area contributed by atoms with Gasteiger partial charge in [0.05, 0.1) is 5.56 Å². The van der Waals surface area contributed by atoms with Gasteiger partial charge >= 0.3 is 0 Å². The van der Waals surface area contributed by atoms with Gasteiger partial charge in [-0.1, -0.05) is 12.2 Å². The molecular formula is C13H15FN2O. The van der Waals surface area contributed by atoms with E-state index in [-0.39, 0.29) is 17.6 Å². The Balaban J connectivity index is 2.06. The Kier molecular flexibility index (Phi) is 3.42. The van der Waals surface area contributed by atoms with E-state index in [1.807, 2.05) is 0 Å². The van der Waals surface area contributed by atoms with Crippen molar-refractivity contribution >= 4 is 11.6 Å². The smallest absolute Gasteiger partial charge is 0.253 e. The maximum absolute atomic E-state index is 12.8. The number of rotatable bonds is 2. The van der Waals surface area contributed by atoms with Crippen LogP contribution in [0.3, 0.4) is 0 Å². The first kappa shape index (κ1) is 11.6. The van der Waals surface area contributed by atoms with Gasteiger partial charge in [-0.25, -0.2) is 4.39 Å². The minimum Gasteiger partial charge on any atom is -0.398 e. The monoisotopic (exact) mass is 234 g/mol. The zero-order chi connectivity index (χ0) is 12.3. The van der Waals surface area contributed by atoms with Crippen LogP contribution in [0, 0.1) is 5.82 Å². The van der Waals surface area contributed by atoms with Crippen LogP contribution in [0.1, 0.15) is 29.6 Å². The molecule has 17 heavy (non-hydrogen) atoms. The first-order valence-corrected chi connectivity index (χ1v) is 5.67. The number of hydrogen-bond donors (Lipinski definition) is 2. The lowest BCUT2D eigenvalue weighted by molar-refractivity contribution is 0.0935. The molecule has 1 aromatic rings. The van der Waals surface area contributed by atoms with E-state index in [0.29, 0.717) is 5.56 Å². The highest BCUT2D eigenvalue weighted by atomic mass is 19.1. The van der Waals surface area contributed by atoms with E-state index in [1.54, 1.807) is 0 Å². The van der Waals surface area contributed by atoms with E-state index in [0.717, 1.165) is 25.3 Å². The van der Waals surface area contributed by atoms with Crippen LogP contribution in [0.5, 0.6) is 0 Å². The summed E-state index contributed by atoms with van der Waals surface area (Å²) in [7, 11) is 0. The van der Waals surface area contributed by atoms with E-state index in [2.05, 4.69) is 17.5 Å². The Bertz CT molecular complexity index is 457. The topological polar surface area (TPSA) is 55.1 Å². The average molecular weight is 234 g/mol. The number of allylic oxidation sites excluding steroid dienone is 1. The third-order valence-electron chi connectivity index (χ3n) is 2.86. The summed E-state index contributed by atoms with van der Waals surface area (Å²) < 4.78 is 12.8. The van der Waals surface area contributed by atoms with Gasteiger partial charge in [-0.15, -0.1) is 0 Å². The van der Waals surface area contributed by atoms with Crippen LogP contribution in [0.2, 0.25) is 0 Å². The third kappa shape index (κ3) is 2.84. The number of carbonyl (C=O) groups is 1. The van der Waals surface area contributed by atoms with Gasteiger partial charge in [0.25, 0.3) is 5.91 Å². The van der Waals surface area contributed by atoms with Crippen molar-refractivity contribution < 1.29 is 9.18 Å². The Hall–Kier alpha value is -1.84. The zero-order valence-electron chi connectivity index (χ0n) is 9.45. The normalized spacial score (nSPS) is 19.0. The number of amides is 1. The Morgan fingerprint density at radius 1 is 1.41 bits per heavy atom. The van der Waals surface area contributed by atoms with Crippen molar-refractivity contribution in [2.24, 2.45) is 0 Å². The highest BCUT2D eigenvalue weighted by Crippen LogP contribution is 2.15. The van der Waals surface area contributed by atoms with Crippen molar-refractivity contribution in [2.75, 3.05) is 5.73 Å². The van der Waals surface area contributed by atoms with Crippen molar-refractivity contribution in [3.63, 3.8) is 0 Å². The number of nitrogens with one attached hydrogen (secondary N) is 1. The molecule has 2 rings (SSSR count). The van der Waals surface area contributed by atoms with Gasteiger partial charge in [0.15, 0.2) is 0 Å². The number of nitrogen functional groups attached to an aromatic ring is 1. The summed E-state index contributed by atoms with van der Waals surface area (Å²) in [6.07, 6.45) is 6.91. The van der Waals surface area contributed by atoms with Gasteiger partial charge in [-0.2, -0.15) is 0 Å². The second kappa shape index (κ2) is 4.99. The Labute approximate surface area is 99.5 Å². The minimum atomic E-state index is -0.431. The summed E-state index contributed by atoms with van der Waals surface area (Å²) >= 11 is 0. The molecule has 0 saturated carbocycles. The molecular weight excluding hydrogens is 219 g/mol. The first-order chi connectivity index (χ1) is 8.16. The predicted molar refractivity (Wildman–Crippen MR) is 65.1 cm³/mol. The highest BCUT2D eigenvalue weighted by molar-refractivity contribution is 5.99. The van der Waals surface area contributed by atoms with Crippen molar-refractivity contribution in [3.05, 3.63) is 41.7 Å². The molecule has 4 heteroatoms. The predicted octanol–water partition coefficient (Wildman–Crippen LogP) is 2.25. The molecule has 0 saturated heterocycles. The molecule has 1 amide bonds. The van der Waals surface area contributed by atoms with Crippen LogP contribution in [0.4, 0.5) is 10.1 Å². The summed E-state index contributed by atoms with van der Waals surface area (Å²) in [5.74, 6) is -0.664. The van der Waals surface area contributed by atoms with Crippen molar-refractivity contribution in [3.8, 4) is 0 Å². The van der Waals surface area contributed by atoms with Crippen LogP contribution in [-0.4, -0.2) is 11.9 Å². The van der Waals surface area contributed by atoms with Gasteiger partial charge in [-0.3, -0.25) is 4.79 Å². The molecule has 0 aromatic heterocycles. The quantitative estimate of drug-likeness (QED) is 0.609. The first-order valence-electron chi connectivity index (χ1n) is 5.67. The molecule has 3 N–H and O–H groups in total. The van der Waals surface area contributed by atoms with Crippen LogP contribution in [-0.2, 0) is 0 Å². The maximum Gasteiger partial charge on any atom is 0.253 e. The number of hydrogen-bond acceptors (Lipinski definition) is 2. The number of carbonyl (C=O) groups excluding carboxylic acids is 1. The molecule has 0 bridgehead atoms. The van der Waals surface area contributed by atoms with E-state index in [4.69, 9.17) is 5.73 Å². The van der Waals surface area contributed by atoms with Gasteiger partial charge < -0.3 is 11.1 Å². The molecule has 1 atom stereocenters. The maximum atomic E-state index is 12.8. The molecule has 1 aliphatic rings. The molecule has 1 unspecified atom stereocenters. The van der Waals surface area contributed by atoms with E-state index in [1.165, 1.54) is 12.1 Å². The minimum absolute atomic E-state index is 0.150. The van der Waals surface area contributed by atoms with E-state index < -0.39 is 5.82 Å². The van der Waals surface area contributed by atoms with E-state index >= 15 is 0 Å². The lowest BCUT2D eigenvalue weighted by Gasteiger charge is -2.19. The molecule has 0 spiro atoms. The lowest BCUT2D eigenvalue weighted by atomic mass is 10.0. The molecule has 0 radical (unpaired) electrons. The largest absolute Gasteiger partial charge is 0.398 e. The second-order valence-corrected chi connectivity index (χ2v) is 4.19. The summed E-state index contributed by atoms with van der Waals surface area (Å²) in [6.45, 7) is 0. The summed E-state index contributed by atoms with van der Waals surface area (Å²) in [5.41, 5.74) is 6.12. The van der Waals surface area contributed by atoms with Crippen LogP contribution >= 0.6 is 0 Å². The zero-order valence-corrected chi connectivity index (χ0v) is 9.45. The number of anilines is 1. The van der Waals surface area contributed by atoms with Crippen molar-refractivity contribution in [1.29, 1.82) is 0 Å². The fourth-order valence-electron chi connectivity index (χ4n) is 1.93. The van der Waals surface area contributed by atoms with Crippen molar-refractivity contribution in [1.82, 2.24) is 5.32 Å². The lowest BCUT2D eigenvalue weighted by Crippen LogP contribution is -2.35. The fraction of sp³-hybridized carbons (Fsp3) is 0.308. The molecule has 1 aliphatic carbocycles. The van der Waals surface area contributed by atoms with Gasteiger partial charge in [0.1, 0.15) is 5.82 Å². The summed E-state index contributed by atoms with van der Waals surface area (Å²) in [4.78, 5) is 11.9. The second-order valence-electron chi connectivity index (χ2n) is 4.19. The van der Waals surface area contributed by atoms with E-state index in [9.17, 15) is 9.18 Å². The number of halogens is 1. The standard InChI is InChI=1S/C13H15FN2O/c14-9-6-7-11(12(15)8-9)13(17)16-10-4-2-1-3-5-10/h1-2,6-8,10H,3-5,15H2,(H,16,17). The van der Waals surface area contributed by atoms with Crippen LogP contribution in [0.25, 0.3) is 0 Å². The summed E-state index contributed by atoms with van der Waals surface area (Å²) in [6, 6.07) is 3.97. The van der Waals surface area contributed by atoms with Crippen molar-refractivity contribution in [2.45, 2.75) is 25.3 Å². The Morgan fingerprint density at radius 2 is 2.24 bits per heavy atom. The SMILES string of the molecule is Nc1cc(F)ccc1C(=O)NC1CC=CCC1. The van der Waals surface area contributed by atoms with Gasteiger partial charge in [-0.05, 0) is 37.5 Å². The highest BCUT2D eigenvalue weighted by Gasteiger charge is 2.16. The molecule has 0 fully saturated rings. The van der Waals surface area contributed by atoms with Gasteiger partial charge in [0, 0.05) is 11.7 Å². The van der Waals surface area contributed by atoms with Crippen LogP contribution < -0.4 is 11.1 Å². The summed E-state index contributed by atoms with van der Waals surface area (Å²) in [5, 5.41) is 2.90. The average Bonchev–Trinajstić information content (AvgIpc) is 2.30. The third-order valence-corrected chi connectivity index (χ3v) is 2.86. The number of nitrogens with two attached hydrogens (primary N) is 1. The Morgan fingerprint density at radius 3 is 2.88 bits per heavy atom. The number of benzene rings is 1. The molecule has 0 aliphatic heterocycles. The molecule has 1 aromatic carbocycles. The van der Waals surface area contributed by atoms with Gasteiger partial charge in [0.2, 0.25) is 0 Å².